The number of hydrogen-bond acceptors (Lipinski definition) is 6. The first-order chi connectivity index (χ1) is 16.2. The molecule has 0 unspecified atom stereocenters. The zero-order valence-electron chi connectivity index (χ0n) is 19.4. The van der Waals surface area contributed by atoms with Crippen molar-refractivity contribution in [3.8, 4) is 17.4 Å². The van der Waals surface area contributed by atoms with E-state index in [-0.39, 0.29) is 0 Å². The molecular weight excluding hydrogens is 450 g/mol. The van der Waals surface area contributed by atoms with E-state index >= 15 is 0 Å². The molecule has 2 aromatic heterocycles. The molecule has 0 aliphatic carbocycles. The van der Waals surface area contributed by atoms with Crippen molar-refractivity contribution in [2.45, 2.75) is 27.7 Å². The molecule has 0 saturated carbocycles. The minimum absolute atomic E-state index is 0.316. The average molecular weight is 476 g/mol. The summed E-state index contributed by atoms with van der Waals surface area (Å²) in [6.45, 7) is 7.93. The van der Waals surface area contributed by atoms with Gasteiger partial charge in [0.2, 0.25) is 5.88 Å². The van der Waals surface area contributed by atoms with Crippen LogP contribution in [0.1, 0.15) is 28.1 Å². The van der Waals surface area contributed by atoms with Gasteiger partial charge in [0.15, 0.2) is 5.82 Å². The Labute approximate surface area is 199 Å². The maximum atomic E-state index is 12.4. The summed E-state index contributed by atoms with van der Waals surface area (Å²) in [5.41, 5.74) is 5.40. The van der Waals surface area contributed by atoms with Crippen molar-refractivity contribution in [3.63, 3.8) is 0 Å². The number of anilines is 1. The van der Waals surface area contributed by atoms with E-state index in [2.05, 4.69) is 20.0 Å². The van der Waals surface area contributed by atoms with Crippen molar-refractivity contribution in [2.24, 2.45) is 0 Å². The fraction of sp³-hybridized carbons (Fsp3) is 0.160. The van der Waals surface area contributed by atoms with Gasteiger partial charge in [-0.1, -0.05) is 29.8 Å². The third-order valence-electron chi connectivity index (χ3n) is 5.35. The Bertz CT molecular complexity index is 1420. The van der Waals surface area contributed by atoms with Crippen molar-refractivity contribution in [3.05, 3.63) is 94.1 Å². The van der Waals surface area contributed by atoms with E-state index in [1.807, 2.05) is 52.0 Å². The Morgan fingerprint density at radius 3 is 2.18 bits per heavy atom. The van der Waals surface area contributed by atoms with Crippen LogP contribution in [-0.2, 0) is 10.0 Å². The molecule has 8 nitrogen and oxygen atoms in total. The van der Waals surface area contributed by atoms with E-state index in [0.29, 0.717) is 23.1 Å². The van der Waals surface area contributed by atoms with Gasteiger partial charge in [0.25, 0.3) is 10.0 Å². The number of aryl methyl sites for hydroxylation is 2. The van der Waals surface area contributed by atoms with Crippen LogP contribution in [0.5, 0.6) is 11.6 Å². The third kappa shape index (κ3) is 5.49. The molecule has 0 saturated heterocycles. The van der Waals surface area contributed by atoms with Gasteiger partial charge in [-0.15, -0.1) is 10.2 Å². The van der Waals surface area contributed by atoms with Gasteiger partial charge < -0.3 is 4.74 Å². The van der Waals surface area contributed by atoms with Crippen molar-refractivity contribution in [1.82, 2.24) is 20.0 Å². The Morgan fingerprint density at radius 1 is 0.882 bits per heavy atom. The summed E-state index contributed by atoms with van der Waals surface area (Å²) in [5.74, 6) is 1.42. The van der Waals surface area contributed by atoms with Crippen LogP contribution in [0.4, 0.5) is 5.69 Å². The van der Waals surface area contributed by atoms with Crippen LogP contribution >= 0.6 is 0 Å². The second-order valence-electron chi connectivity index (χ2n) is 7.92. The van der Waals surface area contributed by atoms with Crippen molar-refractivity contribution in [1.29, 1.82) is 0 Å². The summed E-state index contributed by atoms with van der Waals surface area (Å²) in [6.07, 6.45) is 1.55. The first kappa shape index (κ1) is 23.2. The van der Waals surface area contributed by atoms with Gasteiger partial charge in [-0.2, -0.15) is 5.10 Å². The molecule has 174 valence electrons. The van der Waals surface area contributed by atoms with Crippen LogP contribution in [0.15, 0.2) is 66.1 Å². The maximum absolute atomic E-state index is 12.4. The van der Waals surface area contributed by atoms with Crippen LogP contribution in [0.25, 0.3) is 11.9 Å². The number of rotatable bonds is 7. The van der Waals surface area contributed by atoms with Crippen LogP contribution in [0.3, 0.4) is 0 Å². The lowest BCUT2D eigenvalue weighted by Crippen LogP contribution is -2.08. The highest BCUT2D eigenvalue weighted by molar-refractivity contribution is 7.95. The lowest BCUT2D eigenvalue weighted by Gasteiger charge is -2.08. The molecule has 2 aromatic carbocycles. The summed E-state index contributed by atoms with van der Waals surface area (Å²) < 4.78 is 34.7. The number of ether oxygens (including phenoxy) is 1. The second kappa shape index (κ2) is 9.48. The molecule has 0 atom stereocenters. The molecule has 0 fully saturated rings. The van der Waals surface area contributed by atoms with E-state index in [1.54, 1.807) is 47.2 Å². The molecule has 0 aliphatic heterocycles. The minimum Gasteiger partial charge on any atom is -0.438 e. The zero-order chi connectivity index (χ0) is 24.3. The summed E-state index contributed by atoms with van der Waals surface area (Å²) in [6, 6.07) is 17.6. The summed E-state index contributed by atoms with van der Waals surface area (Å²) >= 11 is 0. The number of nitrogens with one attached hydrogen (secondary N) is 1. The molecule has 2 heterocycles. The highest BCUT2D eigenvalue weighted by Gasteiger charge is 2.11. The van der Waals surface area contributed by atoms with Gasteiger partial charge in [0.05, 0.1) is 11.1 Å². The van der Waals surface area contributed by atoms with Gasteiger partial charge in [-0.25, -0.2) is 13.1 Å². The first-order valence-corrected chi connectivity index (χ1v) is 12.2. The van der Waals surface area contributed by atoms with Crippen LogP contribution < -0.4 is 9.46 Å². The standard InChI is InChI=1S/C25H25N5O3S/c1-17-5-7-21(8-6-17)15-16-34(31,32)29-22-9-11-23(12-10-22)33-25-14-13-24(26-27-25)30-20(4)18(2)19(3)28-30/h5-16,29H,1-4H3/b16-15+. The quantitative estimate of drug-likeness (QED) is 0.399. The van der Waals surface area contributed by atoms with E-state index in [4.69, 9.17) is 4.74 Å². The monoisotopic (exact) mass is 475 g/mol. The largest absolute Gasteiger partial charge is 0.438 e. The zero-order valence-corrected chi connectivity index (χ0v) is 20.2. The Hall–Kier alpha value is -3.98. The van der Waals surface area contributed by atoms with E-state index in [9.17, 15) is 8.42 Å². The fourth-order valence-corrected chi connectivity index (χ4v) is 4.05. The summed E-state index contributed by atoms with van der Waals surface area (Å²) in [4.78, 5) is 0. The average Bonchev–Trinajstić information content (AvgIpc) is 3.08. The van der Waals surface area contributed by atoms with Crippen LogP contribution in [-0.4, -0.2) is 28.4 Å². The topological polar surface area (TPSA) is 99.0 Å². The predicted molar refractivity (Wildman–Crippen MR) is 133 cm³/mol. The molecule has 0 bridgehead atoms. The minimum atomic E-state index is -3.65. The fourth-order valence-electron chi connectivity index (χ4n) is 3.18. The molecule has 0 spiro atoms. The molecule has 1 N–H and O–H groups in total. The molecule has 0 radical (unpaired) electrons. The highest BCUT2D eigenvalue weighted by Crippen LogP contribution is 2.23. The lowest BCUT2D eigenvalue weighted by atomic mass is 10.2. The summed E-state index contributed by atoms with van der Waals surface area (Å²) in [5, 5.41) is 13.9. The molecule has 4 rings (SSSR count). The van der Waals surface area contributed by atoms with E-state index in [1.165, 1.54) is 0 Å². The van der Waals surface area contributed by atoms with Gasteiger partial charge in [-0.3, -0.25) is 4.72 Å². The second-order valence-corrected chi connectivity index (χ2v) is 9.49. The smallest absolute Gasteiger partial charge is 0.255 e. The lowest BCUT2D eigenvalue weighted by molar-refractivity contribution is 0.454. The molecule has 0 amide bonds. The van der Waals surface area contributed by atoms with Crippen molar-refractivity contribution >= 4 is 21.8 Å². The predicted octanol–water partition coefficient (Wildman–Crippen LogP) is 5.10. The third-order valence-corrected chi connectivity index (χ3v) is 6.36. The van der Waals surface area contributed by atoms with E-state index < -0.39 is 10.0 Å². The first-order valence-electron chi connectivity index (χ1n) is 10.6. The number of hydrogen-bond donors (Lipinski definition) is 1. The van der Waals surface area contributed by atoms with Gasteiger partial charge in [0.1, 0.15) is 5.75 Å². The SMILES string of the molecule is Cc1ccc(/C=C/S(=O)(=O)Nc2ccc(Oc3ccc(-n4nc(C)c(C)c4C)nn3)cc2)cc1. The van der Waals surface area contributed by atoms with Gasteiger partial charge >= 0.3 is 0 Å². The molecular formula is C25H25N5O3S. The van der Waals surface area contributed by atoms with Gasteiger partial charge in [0, 0.05) is 17.4 Å². The highest BCUT2D eigenvalue weighted by atomic mass is 32.2. The number of nitrogens with zero attached hydrogens (tertiary/aromatic N) is 4. The van der Waals surface area contributed by atoms with Crippen LogP contribution in [0, 0.1) is 27.7 Å². The van der Waals surface area contributed by atoms with Gasteiger partial charge in [-0.05, 0) is 75.2 Å². The Morgan fingerprint density at radius 2 is 1.59 bits per heavy atom. The number of benzene rings is 2. The van der Waals surface area contributed by atoms with Crippen molar-refractivity contribution < 1.29 is 13.2 Å². The molecule has 9 heteroatoms. The molecule has 4 aromatic rings. The molecule has 34 heavy (non-hydrogen) atoms. The van der Waals surface area contributed by atoms with E-state index in [0.717, 1.165) is 33.5 Å². The van der Waals surface area contributed by atoms with Crippen molar-refractivity contribution in [2.75, 3.05) is 4.72 Å². The van der Waals surface area contributed by atoms with Crippen LogP contribution in [0.2, 0.25) is 0 Å². The maximum Gasteiger partial charge on any atom is 0.255 e. The Kier molecular flexibility index (Phi) is 6.47. The normalized spacial score (nSPS) is 11.6. The number of aromatic nitrogens is 4. The molecule has 0 aliphatic rings. The number of sulfonamides is 1. The summed E-state index contributed by atoms with van der Waals surface area (Å²) in [7, 11) is -3.65. The Balaban J connectivity index is 1.39.